The van der Waals surface area contributed by atoms with Gasteiger partial charge in [0.2, 0.25) is 11.7 Å². The van der Waals surface area contributed by atoms with E-state index in [1.54, 1.807) is 0 Å². The smallest absolute Gasteiger partial charge is 0.228 e. The topological polar surface area (TPSA) is 51.0 Å². The van der Waals surface area contributed by atoms with Crippen molar-refractivity contribution in [2.45, 2.75) is 39.2 Å². The molecular weight excluding hydrogens is 250 g/mol. The van der Waals surface area contributed by atoms with Gasteiger partial charge in [-0.2, -0.15) is 4.98 Å². The van der Waals surface area contributed by atoms with E-state index < -0.39 is 0 Å². The van der Waals surface area contributed by atoms with Crippen LogP contribution in [0.15, 0.2) is 28.8 Å². The molecule has 4 heteroatoms. The predicted molar refractivity (Wildman–Crippen MR) is 78.4 cm³/mol. The molecule has 1 aromatic heterocycles. The Balaban J connectivity index is 1.73. The van der Waals surface area contributed by atoms with Crippen molar-refractivity contribution in [3.63, 3.8) is 0 Å². The Morgan fingerprint density at radius 3 is 2.95 bits per heavy atom. The van der Waals surface area contributed by atoms with Gasteiger partial charge in [0.15, 0.2) is 0 Å². The maximum atomic E-state index is 5.41. The molecular formula is C16H21N3O. The molecule has 0 spiro atoms. The Hall–Kier alpha value is -1.68. The highest BCUT2D eigenvalue weighted by molar-refractivity contribution is 5.55. The molecule has 1 fully saturated rings. The molecule has 1 aliphatic carbocycles. The number of hydrogen-bond donors (Lipinski definition) is 1. The second-order valence-corrected chi connectivity index (χ2v) is 5.59. The number of likely N-dealkylation sites (N-methyl/N-ethyl adjacent to an activating group) is 1. The zero-order valence-corrected chi connectivity index (χ0v) is 12.1. The van der Waals surface area contributed by atoms with Crippen molar-refractivity contribution in [3.05, 3.63) is 35.7 Å². The number of rotatable bonds is 6. The van der Waals surface area contributed by atoms with Gasteiger partial charge in [-0.1, -0.05) is 35.8 Å². The molecule has 0 aliphatic heterocycles. The molecule has 1 unspecified atom stereocenters. The van der Waals surface area contributed by atoms with Gasteiger partial charge in [-0.3, -0.25) is 0 Å². The molecule has 20 heavy (non-hydrogen) atoms. The first-order valence-electron chi connectivity index (χ1n) is 7.39. The fraction of sp³-hybridized carbons (Fsp3) is 0.500. The highest BCUT2D eigenvalue weighted by Crippen LogP contribution is 2.34. The molecule has 1 aliphatic rings. The highest BCUT2D eigenvalue weighted by atomic mass is 16.5. The van der Waals surface area contributed by atoms with Crippen LogP contribution >= 0.6 is 0 Å². The van der Waals surface area contributed by atoms with Gasteiger partial charge in [0.25, 0.3) is 0 Å². The molecule has 3 rings (SSSR count). The Kier molecular flexibility index (Phi) is 3.83. The lowest BCUT2D eigenvalue weighted by atomic mass is 10.1. The van der Waals surface area contributed by atoms with Gasteiger partial charge in [0, 0.05) is 18.0 Å². The molecule has 1 saturated carbocycles. The van der Waals surface area contributed by atoms with Crippen LogP contribution in [0.2, 0.25) is 0 Å². The molecule has 1 heterocycles. The van der Waals surface area contributed by atoms with Crippen molar-refractivity contribution in [1.29, 1.82) is 0 Å². The minimum absolute atomic E-state index is 0.478. The van der Waals surface area contributed by atoms with Crippen LogP contribution < -0.4 is 5.32 Å². The molecule has 0 amide bonds. The van der Waals surface area contributed by atoms with Crippen molar-refractivity contribution in [2.75, 3.05) is 6.54 Å². The lowest BCUT2D eigenvalue weighted by molar-refractivity contribution is 0.348. The fourth-order valence-electron chi connectivity index (χ4n) is 2.59. The normalized spacial score (nSPS) is 16.3. The van der Waals surface area contributed by atoms with Gasteiger partial charge in [0.1, 0.15) is 0 Å². The average Bonchev–Trinajstić information content (AvgIpc) is 3.18. The third-order valence-corrected chi connectivity index (χ3v) is 3.80. The summed E-state index contributed by atoms with van der Waals surface area (Å²) in [4.78, 5) is 4.54. The quantitative estimate of drug-likeness (QED) is 0.877. The molecule has 2 aromatic rings. The number of aryl methyl sites for hydroxylation is 1. The summed E-state index contributed by atoms with van der Waals surface area (Å²) >= 11 is 0. The first-order valence-corrected chi connectivity index (χ1v) is 7.39. The molecule has 0 bridgehead atoms. The molecule has 1 aromatic carbocycles. The molecule has 106 valence electrons. The van der Waals surface area contributed by atoms with Crippen LogP contribution in [0, 0.1) is 12.8 Å². The molecule has 0 radical (unpaired) electrons. The van der Waals surface area contributed by atoms with E-state index in [1.165, 1.54) is 18.4 Å². The number of hydrogen-bond acceptors (Lipinski definition) is 4. The zero-order chi connectivity index (χ0) is 13.9. The SMILES string of the molecule is CCNC(Cc1nc(-c2cccc(C)c2)no1)C1CC1. The third-order valence-electron chi connectivity index (χ3n) is 3.80. The highest BCUT2D eigenvalue weighted by Gasteiger charge is 2.31. The number of nitrogens with zero attached hydrogens (tertiary/aromatic N) is 2. The predicted octanol–water partition coefficient (Wildman–Crippen LogP) is 2.98. The van der Waals surface area contributed by atoms with Crippen molar-refractivity contribution < 1.29 is 4.52 Å². The summed E-state index contributed by atoms with van der Waals surface area (Å²) in [6, 6.07) is 8.66. The van der Waals surface area contributed by atoms with E-state index in [0.29, 0.717) is 11.9 Å². The molecule has 1 N–H and O–H groups in total. The van der Waals surface area contributed by atoms with Gasteiger partial charge >= 0.3 is 0 Å². The maximum Gasteiger partial charge on any atom is 0.228 e. The Labute approximate surface area is 119 Å². The van der Waals surface area contributed by atoms with Crippen LogP contribution in [0.25, 0.3) is 11.4 Å². The minimum atomic E-state index is 0.478. The molecule has 4 nitrogen and oxygen atoms in total. The van der Waals surface area contributed by atoms with Gasteiger partial charge in [-0.25, -0.2) is 0 Å². The number of benzene rings is 1. The number of aromatic nitrogens is 2. The van der Waals surface area contributed by atoms with Crippen LogP contribution in [0.4, 0.5) is 0 Å². The van der Waals surface area contributed by atoms with Gasteiger partial charge in [-0.15, -0.1) is 0 Å². The Morgan fingerprint density at radius 2 is 2.25 bits per heavy atom. The van der Waals surface area contributed by atoms with Crippen molar-refractivity contribution >= 4 is 0 Å². The van der Waals surface area contributed by atoms with Crippen molar-refractivity contribution in [1.82, 2.24) is 15.5 Å². The molecule has 0 saturated heterocycles. The first kappa shape index (κ1) is 13.3. The summed E-state index contributed by atoms with van der Waals surface area (Å²) in [5, 5.41) is 7.63. The monoisotopic (exact) mass is 271 g/mol. The Bertz CT molecular complexity index is 575. The van der Waals surface area contributed by atoms with Crippen LogP contribution in [0.1, 0.15) is 31.2 Å². The van der Waals surface area contributed by atoms with Gasteiger partial charge in [0.05, 0.1) is 0 Å². The summed E-state index contributed by atoms with van der Waals surface area (Å²) in [5.41, 5.74) is 2.23. The summed E-state index contributed by atoms with van der Waals surface area (Å²) in [7, 11) is 0. The lowest BCUT2D eigenvalue weighted by Gasteiger charge is -2.14. The zero-order valence-electron chi connectivity index (χ0n) is 12.1. The van der Waals surface area contributed by atoms with Gasteiger partial charge in [-0.05, 0) is 38.3 Å². The largest absolute Gasteiger partial charge is 0.339 e. The van der Waals surface area contributed by atoms with E-state index in [0.717, 1.165) is 30.3 Å². The summed E-state index contributed by atoms with van der Waals surface area (Å²) < 4.78 is 5.41. The van der Waals surface area contributed by atoms with Gasteiger partial charge < -0.3 is 9.84 Å². The van der Waals surface area contributed by atoms with Crippen LogP contribution in [-0.2, 0) is 6.42 Å². The fourth-order valence-corrected chi connectivity index (χ4v) is 2.59. The summed E-state index contributed by atoms with van der Waals surface area (Å²) in [5.74, 6) is 2.21. The van der Waals surface area contributed by atoms with E-state index in [4.69, 9.17) is 4.52 Å². The van der Waals surface area contributed by atoms with Crippen molar-refractivity contribution in [2.24, 2.45) is 5.92 Å². The van der Waals surface area contributed by atoms with E-state index >= 15 is 0 Å². The first-order chi connectivity index (χ1) is 9.76. The van der Waals surface area contributed by atoms with Crippen LogP contribution in [0.5, 0.6) is 0 Å². The summed E-state index contributed by atoms with van der Waals surface area (Å²) in [6.07, 6.45) is 3.46. The molecule has 1 atom stereocenters. The standard InChI is InChI=1S/C16H21N3O/c1-3-17-14(12-7-8-12)10-15-18-16(19-20-15)13-6-4-5-11(2)9-13/h4-6,9,12,14,17H,3,7-8,10H2,1-2H3. The number of nitrogens with one attached hydrogen (secondary N) is 1. The van der Waals surface area contributed by atoms with E-state index in [1.807, 2.05) is 12.1 Å². The van der Waals surface area contributed by atoms with E-state index in [2.05, 4.69) is 41.4 Å². The maximum absolute atomic E-state index is 5.41. The van der Waals surface area contributed by atoms with Crippen molar-refractivity contribution in [3.8, 4) is 11.4 Å². The second-order valence-electron chi connectivity index (χ2n) is 5.59. The third kappa shape index (κ3) is 3.07. The van der Waals surface area contributed by atoms with E-state index in [9.17, 15) is 0 Å². The summed E-state index contributed by atoms with van der Waals surface area (Å²) in [6.45, 7) is 5.19. The van der Waals surface area contributed by atoms with E-state index in [-0.39, 0.29) is 0 Å². The Morgan fingerprint density at radius 1 is 1.40 bits per heavy atom. The lowest BCUT2D eigenvalue weighted by Crippen LogP contribution is -2.33. The van der Waals surface area contributed by atoms with Crippen LogP contribution in [0.3, 0.4) is 0 Å². The van der Waals surface area contributed by atoms with Crippen LogP contribution in [-0.4, -0.2) is 22.7 Å². The second kappa shape index (κ2) is 5.75. The minimum Gasteiger partial charge on any atom is -0.339 e. The average molecular weight is 271 g/mol.